The smallest absolute Gasteiger partial charge is 0.336 e. The standard InChI is InChI=1S/C20H15ClFNO4/c1-26-13-4-2-3-11(7-13)14-9-18(24)23(17-10-27-20(25)19(14)17)12-5-6-16(22)15(21)8-12/h2-8,14H,9-10H2,1H3. The first kappa shape index (κ1) is 17.5. The Bertz CT molecular complexity index is 988. The number of hydrogen-bond donors (Lipinski definition) is 0. The average molecular weight is 388 g/mol. The summed E-state index contributed by atoms with van der Waals surface area (Å²) in [4.78, 5) is 26.7. The van der Waals surface area contributed by atoms with Crippen LogP contribution in [0.2, 0.25) is 5.02 Å². The zero-order valence-electron chi connectivity index (χ0n) is 14.4. The van der Waals surface area contributed by atoms with Gasteiger partial charge < -0.3 is 9.47 Å². The van der Waals surface area contributed by atoms with Crippen LogP contribution in [0, 0.1) is 5.82 Å². The highest BCUT2D eigenvalue weighted by Gasteiger charge is 2.43. The summed E-state index contributed by atoms with van der Waals surface area (Å²) in [7, 11) is 1.56. The van der Waals surface area contributed by atoms with E-state index in [1.807, 2.05) is 12.1 Å². The summed E-state index contributed by atoms with van der Waals surface area (Å²) in [5.74, 6) is -1.04. The van der Waals surface area contributed by atoms with Crippen molar-refractivity contribution in [3.8, 4) is 5.75 Å². The lowest BCUT2D eigenvalue weighted by Crippen LogP contribution is -2.37. The van der Waals surface area contributed by atoms with Crippen LogP contribution >= 0.6 is 11.6 Å². The molecule has 0 N–H and O–H groups in total. The van der Waals surface area contributed by atoms with Crippen LogP contribution in [0.25, 0.3) is 0 Å². The molecule has 5 nitrogen and oxygen atoms in total. The molecule has 7 heteroatoms. The average Bonchev–Trinajstić information content (AvgIpc) is 3.05. The highest BCUT2D eigenvalue weighted by atomic mass is 35.5. The fraction of sp³-hybridized carbons (Fsp3) is 0.200. The molecule has 1 amide bonds. The number of rotatable bonds is 3. The van der Waals surface area contributed by atoms with Gasteiger partial charge in [0.2, 0.25) is 5.91 Å². The number of esters is 1. The molecule has 2 aliphatic heterocycles. The molecule has 0 aromatic heterocycles. The van der Waals surface area contributed by atoms with E-state index in [1.165, 1.54) is 23.1 Å². The molecule has 138 valence electrons. The predicted molar refractivity (Wildman–Crippen MR) is 97.2 cm³/mol. The highest BCUT2D eigenvalue weighted by Crippen LogP contribution is 2.42. The Labute approximate surface area is 159 Å². The first-order chi connectivity index (χ1) is 13.0. The molecule has 2 aliphatic rings. The van der Waals surface area contributed by atoms with Gasteiger partial charge in [-0.1, -0.05) is 23.7 Å². The molecule has 4 rings (SSSR count). The zero-order valence-corrected chi connectivity index (χ0v) is 15.1. The van der Waals surface area contributed by atoms with Gasteiger partial charge in [-0.3, -0.25) is 9.69 Å². The Kier molecular flexibility index (Phi) is 4.36. The normalized spacial score (nSPS) is 19.2. The number of hydrogen-bond acceptors (Lipinski definition) is 4. The van der Waals surface area contributed by atoms with Crippen LogP contribution in [0.4, 0.5) is 10.1 Å². The van der Waals surface area contributed by atoms with E-state index >= 15 is 0 Å². The van der Waals surface area contributed by atoms with Gasteiger partial charge in [0, 0.05) is 12.3 Å². The maximum Gasteiger partial charge on any atom is 0.336 e. The Morgan fingerprint density at radius 2 is 2.04 bits per heavy atom. The van der Waals surface area contributed by atoms with Crippen LogP contribution in [-0.2, 0) is 14.3 Å². The van der Waals surface area contributed by atoms with Crippen molar-refractivity contribution in [1.82, 2.24) is 0 Å². The Morgan fingerprint density at radius 1 is 1.22 bits per heavy atom. The number of methoxy groups -OCH3 is 1. The van der Waals surface area contributed by atoms with Gasteiger partial charge in [-0.05, 0) is 35.9 Å². The molecule has 1 atom stereocenters. The largest absolute Gasteiger partial charge is 0.497 e. The summed E-state index contributed by atoms with van der Waals surface area (Å²) in [6.45, 7) is -0.0185. The summed E-state index contributed by atoms with van der Waals surface area (Å²) < 4.78 is 24.0. The van der Waals surface area contributed by atoms with E-state index in [1.54, 1.807) is 19.2 Å². The maximum absolute atomic E-state index is 13.5. The van der Waals surface area contributed by atoms with Gasteiger partial charge >= 0.3 is 5.97 Å². The van der Waals surface area contributed by atoms with Crippen molar-refractivity contribution in [1.29, 1.82) is 0 Å². The number of amides is 1. The van der Waals surface area contributed by atoms with Gasteiger partial charge in [-0.2, -0.15) is 0 Å². The van der Waals surface area contributed by atoms with E-state index in [4.69, 9.17) is 21.1 Å². The quantitative estimate of drug-likeness (QED) is 0.751. The number of benzene rings is 2. The topological polar surface area (TPSA) is 55.8 Å². The van der Waals surface area contributed by atoms with Crippen molar-refractivity contribution < 1.29 is 23.5 Å². The van der Waals surface area contributed by atoms with Gasteiger partial charge in [-0.15, -0.1) is 0 Å². The summed E-state index contributed by atoms with van der Waals surface area (Å²) in [5, 5.41) is -0.0948. The molecular weight excluding hydrogens is 373 g/mol. The molecule has 0 saturated heterocycles. The lowest BCUT2D eigenvalue weighted by atomic mass is 9.84. The summed E-state index contributed by atoms with van der Waals surface area (Å²) in [6.07, 6.45) is 0.0795. The van der Waals surface area contributed by atoms with Crippen molar-refractivity contribution in [2.24, 2.45) is 0 Å². The summed E-state index contributed by atoms with van der Waals surface area (Å²) >= 11 is 5.87. The minimum absolute atomic E-state index is 0.0185. The molecule has 27 heavy (non-hydrogen) atoms. The first-order valence-electron chi connectivity index (χ1n) is 8.31. The second-order valence-electron chi connectivity index (χ2n) is 6.30. The number of cyclic esters (lactones) is 1. The third kappa shape index (κ3) is 2.96. The van der Waals surface area contributed by atoms with Crippen LogP contribution < -0.4 is 9.64 Å². The lowest BCUT2D eigenvalue weighted by Gasteiger charge is -2.32. The fourth-order valence-corrected chi connectivity index (χ4v) is 3.70. The van der Waals surface area contributed by atoms with E-state index in [-0.39, 0.29) is 24.0 Å². The molecule has 2 heterocycles. The SMILES string of the molecule is COc1cccc(C2CC(=O)N(c3ccc(F)c(Cl)c3)C3=C2C(=O)OC3)c1. The Morgan fingerprint density at radius 3 is 2.78 bits per heavy atom. The third-order valence-electron chi connectivity index (χ3n) is 4.77. The lowest BCUT2D eigenvalue weighted by molar-refractivity contribution is -0.136. The molecule has 0 spiro atoms. The van der Waals surface area contributed by atoms with Gasteiger partial charge in [0.15, 0.2) is 0 Å². The van der Waals surface area contributed by atoms with Gasteiger partial charge in [0.1, 0.15) is 18.2 Å². The van der Waals surface area contributed by atoms with Gasteiger partial charge in [0.25, 0.3) is 0 Å². The van der Waals surface area contributed by atoms with Crippen molar-refractivity contribution in [3.05, 3.63) is 70.1 Å². The number of carbonyl (C=O) groups excluding carboxylic acids is 2. The van der Waals surface area contributed by atoms with E-state index in [2.05, 4.69) is 0 Å². The zero-order chi connectivity index (χ0) is 19.1. The number of halogens is 2. The Balaban J connectivity index is 1.82. The Hall–Kier alpha value is -2.86. The molecule has 0 fully saturated rings. The summed E-state index contributed by atoms with van der Waals surface area (Å²) in [5.41, 5.74) is 2.10. The molecule has 1 unspecified atom stereocenters. The first-order valence-corrected chi connectivity index (χ1v) is 8.69. The molecule has 0 saturated carbocycles. The van der Waals surface area contributed by atoms with E-state index in [0.717, 1.165) is 5.56 Å². The van der Waals surface area contributed by atoms with Crippen LogP contribution in [0.3, 0.4) is 0 Å². The predicted octanol–water partition coefficient (Wildman–Crippen LogP) is 3.82. The van der Waals surface area contributed by atoms with Crippen LogP contribution in [-0.4, -0.2) is 25.6 Å². The maximum atomic E-state index is 13.5. The summed E-state index contributed by atoms with van der Waals surface area (Å²) in [6, 6.07) is 11.3. The molecule has 2 aromatic carbocycles. The van der Waals surface area contributed by atoms with Crippen molar-refractivity contribution in [2.75, 3.05) is 18.6 Å². The van der Waals surface area contributed by atoms with E-state index in [9.17, 15) is 14.0 Å². The number of carbonyl (C=O) groups is 2. The molecule has 2 aromatic rings. The van der Waals surface area contributed by atoms with Crippen LogP contribution in [0.15, 0.2) is 53.7 Å². The number of nitrogens with zero attached hydrogens (tertiary/aromatic N) is 1. The number of ether oxygens (including phenoxy) is 2. The van der Waals surface area contributed by atoms with E-state index < -0.39 is 17.7 Å². The monoisotopic (exact) mass is 387 g/mol. The molecular formula is C20H15ClFNO4. The second kappa shape index (κ2) is 6.70. The number of anilines is 1. The second-order valence-corrected chi connectivity index (χ2v) is 6.70. The van der Waals surface area contributed by atoms with Crippen molar-refractivity contribution in [2.45, 2.75) is 12.3 Å². The van der Waals surface area contributed by atoms with Gasteiger partial charge in [0.05, 0.1) is 29.1 Å². The van der Waals surface area contributed by atoms with E-state index in [0.29, 0.717) is 22.7 Å². The van der Waals surface area contributed by atoms with Gasteiger partial charge in [-0.25, -0.2) is 9.18 Å². The molecule has 0 radical (unpaired) electrons. The van der Waals surface area contributed by atoms with Crippen LogP contribution in [0.1, 0.15) is 17.9 Å². The molecule has 0 bridgehead atoms. The third-order valence-corrected chi connectivity index (χ3v) is 5.06. The van der Waals surface area contributed by atoms with Crippen molar-refractivity contribution in [3.63, 3.8) is 0 Å². The highest BCUT2D eigenvalue weighted by molar-refractivity contribution is 6.31. The molecule has 0 aliphatic carbocycles. The minimum atomic E-state index is -0.577. The fourth-order valence-electron chi connectivity index (χ4n) is 3.52. The van der Waals surface area contributed by atoms with Crippen molar-refractivity contribution >= 4 is 29.2 Å². The minimum Gasteiger partial charge on any atom is -0.497 e. The van der Waals surface area contributed by atoms with Crippen LogP contribution in [0.5, 0.6) is 5.75 Å².